The Morgan fingerprint density at radius 1 is 0.905 bits per heavy atom. The van der Waals surface area contributed by atoms with Crippen LogP contribution in [0.1, 0.15) is 58.8 Å². The lowest BCUT2D eigenvalue weighted by molar-refractivity contribution is 0.0493. The van der Waals surface area contributed by atoms with Crippen molar-refractivity contribution in [2.24, 2.45) is 0 Å². The van der Waals surface area contributed by atoms with E-state index in [1.54, 1.807) is 24.3 Å². The SMILES string of the molecule is Cc1cc(Oc2ccc(C(=O)O)cc2)ccc1CN1CCC(N2C(=O)N(C3CCOCC3)C[C@H]2c2ccccc2)CC1. The van der Waals surface area contributed by atoms with E-state index in [0.29, 0.717) is 5.75 Å². The van der Waals surface area contributed by atoms with Crippen molar-refractivity contribution in [2.45, 2.75) is 57.3 Å². The number of carbonyl (C=O) groups is 2. The summed E-state index contributed by atoms with van der Waals surface area (Å²) in [7, 11) is 0. The molecule has 1 atom stereocenters. The first-order chi connectivity index (χ1) is 20.5. The van der Waals surface area contributed by atoms with Crippen LogP contribution in [0.15, 0.2) is 72.8 Å². The van der Waals surface area contributed by atoms with Gasteiger partial charge in [0.15, 0.2) is 0 Å². The first kappa shape index (κ1) is 28.2. The highest BCUT2D eigenvalue weighted by Crippen LogP contribution is 2.37. The molecule has 8 nitrogen and oxygen atoms in total. The van der Waals surface area contributed by atoms with E-state index in [-0.39, 0.29) is 29.7 Å². The number of hydrogen-bond donors (Lipinski definition) is 1. The molecule has 3 aliphatic rings. The molecule has 2 amide bonds. The molecule has 0 aliphatic carbocycles. The average Bonchev–Trinajstić information content (AvgIpc) is 3.37. The number of aromatic carboxylic acids is 1. The summed E-state index contributed by atoms with van der Waals surface area (Å²) in [6.07, 6.45) is 3.76. The lowest BCUT2D eigenvalue weighted by Crippen LogP contribution is -2.48. The Kier molecular flexibility index (Phi) is 8.44. The van der Waals surface area contributed by atoms with E-state index in [1.165, 1.54) is 11.1 Å². The summed E-state index contributed by atoms with van der Waals surface area (Å²) in [5, 5.41) is 9.10. The van der Waals surface area contributed by atoms with Crippen LogP contribution in [0.3, 0.4) is 0 Å². The number of likely N-dealkylation sites (tertiary alicyclic amines) is 1. The van der Waals surface area contributed by atoms with Gasteiger partial charge in [0.25, 0.3) is 0 Å². The predicted octanol–water partition coefficient (Wildman–Crippen LogP) is 6.11. The molecule has 0 spiro atoms. The van der Waals surface area contributed by atoms with Gasteiger partial charge in [-0.05, 0) is 85.7 Å². The van der Waals surface area contributed by atoms with Gasteiger partial charge in [0.1, 0.15) is 11.5 Å². The molecule has 0 aromatic heterocycles. The number of carbonyl (C=O) groups excluding carboxylic acids is 1. The highest BCUT2D eigenvalue weighted by Gasteiger charge is 2.45. The van der Waals surface area contributed by atoms with Crippen LogP contribution >= 0.6 is 0 Å². The number of carboxylic acid groups (broad SMARTS) is 1. The minimum Gasteiger partial charge on any atom is -0.478 e. The molecule has 220 valence electrons. The lowest BCUT2D eigenvalue weighted by atomic mass is 9.98. The maximum atomic E-state index is 13.9. The van der Waals surface area contributed by atoms with Crippen LogP contribution < -0.4 is 4.74 Å². The van der Waals surface area contributed by atoms with Gasteiger partial charge in [-0.1, -0.05) is 36.4 Å². The Balaban J connectivity index is 1.08. The van der Waals surface area contributed by atoms with Gasteiger partial charge in [-0.15, -0.1) is 0 Å². The van der Waals surface area contributed by atoms with E-state index < -0.39 is 5.97 Å². The summed E-state index contributed by atoms with van der Waals surface area (Å²) < 4.78 is 11.5. The Morgan fingerprint density at radius 3 is 2.26 bits per heavy atom. The summed E-state index contributed by atoms with van der Waals surface area (Å²) in [4.78, 5) is 31.8. The molecule has 0 unspecified atom stereocenters. The van der Waals surface area contributed by atoms with Crippen molar-refractivity contribution in [1.29, 1.82) is 0 Å². The quantitative estimate of drug-likeness (QED) is 0.353. The van der Waals surface area contributed by atoms with Crippen LogP contribution in [-0.4, -0.2) is 76.7 Å². The van der Waals surface area contributed by atoms with Gasteiger partial charge in [0.05, 0.1) is 11.6 Å². The van der Waals surface area contributed by atoms with Crippen molar-refractivity contribution in [3.8, 4) is 11.5 Å². The van der Waals surface area contributed by atoms with E-state index >= 15 is 0 Å². The molecule has 8 heteroatoms. The number of carboxylic acids is 1. The molecule has 3 fully saturated rings. The molecule has 1 N–H and O–H groups in total. The summed E-state index contributed by atoms with van der Waals surface area (Å²) in [5.74, 6) is 0.382. The fourth-order valence-electron chi connectivity index (χ4n) is 6.60. The number of nitrogens with zero attached hydrogens (tertiary/aromatic N) is 3. The van der Waals surface area contributed by atoms with Crippen LogP contribution in [0.2, 0.25) is 0 Å². The number of hydrogen-bond acceptors (Lipinski definition) is 5. The predicted molar refractivity (Wildman–Crippen MR) is 160 cm³/mol. The van der Waals surface area contributed by atoms with Crippen molar-refractivity contribution in [3.05, 3.63) is 95.1 Å². The third-order valence-electron chi connectivity index (χ3n) is 8.98. The van der Waals surface area contributed by atoms with Gasteiger partial charge in [-0.3, -0.25) is 4.90 Å². The molecular weight excluding hydrogens is 530 g/mol. The van der Waals surface area contributed by atoms with Crippen molar-refractivity contribution in [2.75, 3.05) is 32.8 Å². The number of piperidine rings is 1. The number of benzene rings is 3. The number of urea groups is 1. The van der Waals surface area contributed by atoms with E-state index in [4.69, 9.17) is 14.6 Å². The standard InChI is InChI=1S/C34H39N3O5/c1-24-21-31(42-30-10-7-26(8-11-30)33(38)39)12-9-27(24)22-35-17-13-29(14-18-35)37-32(25-5-3-2-4-6-25)23-36(34(37)40)28-15-19-41-20-16-28/h2-12,21,28-29,32H,13-20,22-23H2,1H3,(H,38,39)/t32-/m0/s1. The average molecular weight is 570 g/mol. The first-order valence-electron chi connectivity index (χ1n) is 15.0. The Labute approximate surface area is 247 Å². The molecule has 3 heterocycles. The fourth-order valence-corrected chi connectivity index (χ4v) is 6.60. The zero-order valence-corrected chi connectivity index (χ0v) is 24.2. The summed E-state index contributed by atoms with van der Waals surface area (Å²) in [6.45, 7) is 7.06. The van der Waals surface area contributed by atoms with Crippen LogP contribution in [0.25, 0.3) is 0 Å². The molecule has 0 bridgehead atoms. The van der Waals surface area contributed by atoms with Crippen LogP contribution in [0.4, 0.5) is 4.79 Å². The fraction of sp³-hybridized carbons (Fsp3) is 0.412. The van der Waals surface area contributed by atoms with Crippen molar-refractivity contribution >= 4 is 12.0 Å². The number of amides is 2. The second kappa shape index (κ2) is 12.5. The molecule has 6 rings (SSSR count). The highest BCUT2D eigenvalue weighted by molar-refractivity contribution is 5.87. The lowest BCUT2D eigenvalue weighted by Gasteiger charge is -2.39. The molecule has 3 saturated heterocycles. The monoisotopic (exact) mass is 569 g/mol. The minimum atomic E-state index is -0.953. The zero-order chi connectivity index (χ0) is 29.1. The van der Waals surface area contributed by atoms with Crippen molar-refractivity contribution in [1.82, 2.24) is 14.7 Å². The summed E-state index contributed by atoms with van der Waals surface area (Å²) in [6, 6.07) is 23.8. The number of ether oxygens (including phenoxy) is 2. The van der Waals surface area contributed by atoms with Gasteiger partial charge in [-0.25, -0.2) is 9.59 Å². The first-order valence-corrected chi connectivity index (χ1v) is 15.0. The second-order valence-electron chi connectivity index (χ2n) is 11.6. The summed E-state index contributed by atoms with van der Waals surface area (Å²) >= 11 is 0. The topological polar surface area (TPSA) is 82.6 Å². The van der Waals surface area contributed by atoms with Gasteiger partial charge in [-0.2, -0.15) is 0 Å². The van der Waals surface area contributed by atoms with E-state index in [9.17, 15) is 9.59 Å². The van der Waals surface area contributed by atoms with Gasteiger partial charge >= 0.3 is 12.0 Å². The number of aryl methyl sites for hydroxylation is 1. The molecule has 3 aliphatic heterocycles. The van der Waals surface area contributed by atoms with E-state index in [0.717, 1.165) is 76.4 Å². The summed E-state index contributed by atoms with van der Waals surface area (Å²) in [5.41, 5.74) is 3.87. The van der Waals surface area contributed by atoms with Crippen LogP contribution in [0, 0.1) is 6.92 Å². The molecule has 3 aromatic carbocycles. The van der Waals surface area contributed by atoms with Crippen molar-refractivity contribution in [3.63, 3.8) is 0 Å². The van der Waals surface area contributed by atoms with Gasteiger partial charge in [0, 0.05) is 51.5 Å². The molecule has 3 aromatic rings. The number of rotatable bonds is 8. The smallest absolute Gasteiger partial charge is 0.335 e. The third kappa shape index (κ3) is 6.15. The maximum absolute atomic E-state index is 13.9. The second-order valence-corrected chi connectivity index (χ2v) is 11.6. The molecule has 42 heavy (non-hydrogen) atoms. The Bertz CT molecular complexity index is 1380. The van der Waals surface area contributed by atoms with E-state index in [2.05, 4.69) is 52.0 Å². The Morgan fingerprint density at radius 2 is 1.60 bits per heavy atom. The zero-order valence-electron chi connectivity index (χ0n) is 24.2. The molecule has 0 saturated carbocycles. The van der Waals surface area contributed by atoms with Crippen LogP contribution in [0.5, 0.6) is 11.5 Å². The minimum absolute atomic E-state index is 0.0909. The van der Waals surface area contributed by atoms with Gasteiger partial charge in [0.2, 0.25) is 0 Å². The third-order valence-corrected chi connectivity index (χ3v) is 8.98. The normalized spacial score (nSPS) is 20.7. The van der Waals surface area contributed by atoms with Gasteiger partial charge < -0.3 is 24.4 Å². The molecular formula is C34H39N3O5. The van der Waals surface area contributed by atoms with E-state index in [1.807, 2.05) is 18.2 Å². The molecule has 0 radical (unpaired) electrons. The van der Waals surface area contributed by atoms with Crippen molar-refractivity contribution < 1.29 is 24.2 Å². The highest BCUT2D eigenvalue weighted by atomic mass is 16.5. The van der Waals surface area contributed by atoms with Crippen LogP contribution in [-0.2, 0) is 11.3 Å². The maximum Gasteiger partial charge on any atom is 0.335 e. The Hall–Kier alpha value is -3.88. The largest absolute Gasteiger partial charge is 0.478 e.